The van der Waals surface area contributed by atoms with E-state index in [1.807, 2.05) is 30.3 Å². The number of fused-ring (bicyclic) bond motifs is 6. The lowest BCUT2D eigenvalue weighted by Crippen LogP contribution is -1.94. The summed E-state index contributed by atoms with van der Waals surface area (Å²) in [4.78, 5) is 3.78. The quantitative estimate of drug-likeness (QED) is 0.163. The molecular weight excluding hydrogens is 631 g/mol. The zero-order valence-electron chi connectivity index (χ0n) is 28.2. The Bertz CT molecular complexity index is 3000. The van der Waals surface area contributed by atoms with E-state index in [4.69, 9.17) is 6.57 Å². The second-order valence-electron chi connectivity index (χ2n) is 13.3. The van der Waals surface area contributed by atoms with Crippen LogP contribution in [0.1, 0.15) is 0 Å². The summed E-state index contributed by atoms with van der Waals surface area (Å²) in [6, 6.07) is 66.8. The number of hydrogen-bond donors (Lipinski definition) is 0. The van der Waals surface area contributed by atoms with Crippen LogP contribution in [-0.2, 0) is 0 Å². The van der Waals surface area contributed by atoms with Crippen LogP contribution in [-0.4, -0.2) is 9.13 Å². The van der Waals surface area contributed by atoms with Gasteiger partial charge in [0.25, 0.3) is 0 Å². The summed E-state index contributed by atoms with van der Waals surface area (Å²) in [5.41, 5.74) is 14.3. The fourth-order valence-electron chi connectivity index (χ4n) is 7.88. The van der Waals surface area contributed by atoms with E-state index in [2.05, 4.69) is 172 Å². The minimum absolute atomic E-state index is 0.639. The first-order valence-electron chi connectivity index (χ1n) is 17.5. The van der Waals surface area contributed by atoms with Crippen molar-refractivity contribution in [3.8, 4) is 44.8 Å². The highest BCUT2D eigenvalue weighted by Gasteiger charge is 2.16. The molecule has 2 heterocycles. The second-order valence-corrected chi connectivity index (χ2v) is 13.3. The maximum absolute atomic E-state index is 7.74. The molecule has 0 spiro atoms. The highest BCUT2D eigenvalue weighted by atomic mass is 15.0. The predicted molar refractivity (Wildman–Crippen MR) is 218 cm³/mol. The second kappa shape index (κ2) is 12.0. The lowest BCUT2D eigenvalue weighted by Gasteiger charge is -2.11. The van der Waals surface area contributed by atoms with E-state index < -0.39 is 0 Å². The van der Waals surface area contributed by atoms with Gasteiger partial charge in [0, 0.05) is 32.9 Å². The molecule has 0 aliphatic rings. The molecule has 0 fully saturated rings. The van der Waals surface area contributed by atoms with E-state index in [1.54, 1.807) is 0 Å². The topological polar surface area (TPSA) is 14.2 Å². The lowest BCUT2D eigenvalue weighted by atomic mass is 9.98. The van der Waals surface area contributed by atoms with Crippen LogP contribution >= 0.6 is 0 Å². The Morgan fingerprint density at radius 1 is 0.308 bits per heavy atom. The van der Waals surface area contributed by atoms with Crippen LogP contribution in [0.3, 0.4) is 0 Å². The number of hydrogen-bond acceptors (Lipinski definition) is 0. The molecule has 10 aromatic rings. The van der Waals surface area contributed by atoms with E-state index in [1.165, 1.54) is 54.7 Å². The summed E-state index contributed by atoms with van der Waals surface area (Å²) in [5, 5.41) is 4.95. The number of benzene rings is 8. The lowest BCUT2D eigenvalue weighted by molar-refractivity contribution is 1.18. The van der Waals surface area contributed by atoms with Crippen molar-refractivity contribution < 1.29 is 0 Å². The third-order valence-corrected chi connectivity index (χ3v) is 10.3. The maximum atomic E-state index is 7.74. The number of nitrogens with zero attached hydrogens (tertiary/aromatic N) is 3. The summed E-state index contributed by atoms with van der Waals surface area (Å²) in [6.45, 7) is 7.74. The Labute approximate surface area is 301 Å². The Kier molecular flexibility index (Phi) is 6.87. The minimum Gasteiger partial charge on any atom is -0.309 e. The first kappa shape index (κ1) is 29.7. The van der Waals surface area contributed by atoms with Gasteiger partial charge in [0.2, 0.25) is 0 Å². The molecule has 2 aromatic heterocycles. The highest BCUT2D eigenvalue weighted by molar-refractivity contribution is 6.12. The molecule has 52 heavy (non-hydrogen) atoms. The minimum atomic E-state index is 0.639. The van der Waals surface area contributed by atoms with Crippen molar-refractivity contribution in [2.75, 3.05) is 0 Å². The van der Waals surface area contributed by atoms with Gasteiger partial charge in [-0.1, -0.05) is 109 Å². The average Bonchev–Trinajstić information content (AvgIpc) is 3.73. The number of aromatic nitrogens is 2. The Balaban J connectivity index is 1.07. The van der Waals surface area contributed by atoms with Crippen molar-refractivity contribution in [1.29, 1.82) is 0 Å². The van der Waals surface area contributed by atoms with E-state index in [-0.39, 0.29) is 0 Å². The first-order chi connectivity index (χ1) is 25.7. The van der Waals surface area contributed by atoms with Gasteiger partial charge in [-0.25, -0.2) is 4.85 Å². The van der Waals surface area contributed by atoms with Gasteiger partial charge < -0.3 is 9.13 Å². The number of para-hydroxylation sites is 3. The smallest absolute Gasteiger partial charge is 0.188 e. The molecule has 242 valence electrons. The van der Waals surface area contributed by atoms with Crippen LogP contribution in [0.4, 0.5) is 5.69 Å². The molecule has 0 bridgehead atoms. The number of rotatable bonds is 5. The molecule has 0 N–H and O–H groups in total. The fraction of sp³-hybridized carbons (Fsp3) is 0. The van der Waals surface area contributed by atoms with Crippen molar-refractivity contribution >= 4 is 49.3 Å². The van der Waals surface area contributed by atoms with Crippen molar-refractivity contribution in [1.82, 2.24) is 9.13 Å². The summed E-state index contributed by atoms with van der Waals surface area (Å²) in [7, 11) is 0. The van der Waals surface area contributed by atoms with Crippen LogP contribution < -0.4 is 0 Å². The summed E-state index contributed by atoms with van der Waals surface area (Å²) in [5.74, 6) is 0. The molecule has 0 atom stereocenters. The zero-order chi connectivity index (χ0) is 34.6. The average molecular weight is 662 g/mol. The molecule has 0 amide bonds. The normalized spacial score (nSPS) is 11.4. The van der Waals surface area contributed by atoms with Crippen molar-refractivity contribution in [2.24, 2.45) is 0 Å². The van der Waals surface area contributed by atoms with Crippen molar-refractivity contribution in [3.63, 3.8) is 0 Å². The van der Waals surface area contributed by atoms with Crippen LogP contribution in [0.2, 0.25) is 0 Å². The third-order valence-electron chi connectivity index (χ3n) is 10.3. The molecule has 0 unspecified atom stereocenters. The van der Waals surface area contributed by atoms with Crippen molar-refractivity contribution in [3.05, 3.63) is 199 Å². The Morgan fingerprint density at radius 2 is 0.731 bits per heavy atom. The van der Waals surface area contributed by atoms with Gasteiger partial charge in [-0.05, 0) is 112 Å². The largest absolute Gasteiger partial charge is 0.309 e. The van der Waals surface area contributed by atoms with E-state index in [0.717, 1.165) is 33.6 Å². The molecular formula is C49H31N3. The fourth-order valence-corrected chi connectivity index (χ4v) is 7.88. The van der Waals surface area contributed by atoms with Gasteiger partial charge in [-0.2, -0.15) is 0 Å². The molecule has 3 heteroatoms. The van der Waals surface area contributed by atoms with Crippen LogP contribution in [0.5, 0.6) is 0 Å². The third kappa shape index (κ3) is 4.81. The monoisotopic (exact) mass is 661 g/mol. The SMILES string of the molecule is [C-]#[N+]c1cc(-c2ccccc2)cc(-c2ccc(-n3c4ccccc4c4cc(-c5ccc6c(c5)c5ccccc5n6-c5ccccc5)ccc43)cc2)c1. The standard InChI is InChI=1S/C49H31N3/c1-50-39-29-37(33-12-4-2-5-13-33)28-38(30-39)34-20-24-41(25-21-34)52-47-19-11-9-17-43(47)45-32-36(23-27-49(45)52)35-22-26-48-44(31-35)42-16-8-10-18-46(42)51(48)40-14-6-3-7-15-40/h2-32H. The van der Waals surface area contributed by atoms with E-state index >= 15 is 0 Å². The van der Waals surface area contributed by atoms with Crippen LogP contribution in [0.15, 0.2) is 188 Å². The zero-order valence-corrected chi connectivity index (χ0v) is 28.2. The maximum Gasteiger partial charge on any atom is 0.188 e. The Hall–Kier alpha value is -7.15. The summed E-state index contributed by atoms with van der Waals surface area (Å²) >= 11 is 0. The van der Waals surface area contributed by atoms with E-state index in [0.29, 0.717) is 5.69 Å². The van der Waals surface area contributed by atoms with Gasteiger partial charge in [-0.15, -0.1) is 0 Å². The van der Waals surface area contributed by atoms with Gasteiger partial charge in [0.1, 0.15) is 0 Å². The van der Waals surface area contributed by atoms with Crippen LogP contribution in [0.25, 0.3) is 93.2 Å². The molecule has 8 aromatic carbocycles. The molecule has 0 aliphatic heterocycles. The highest BCUT2D eigenvalue weighted by Crippen LogP contribution is 2.39. The summed E-state index contributed by atoms with van der Waals surface area (Å²) < 4.78 is 4.72. The van der Waals surface area contributed by atoms with E-state index in [9.17, 15) is 0 Å². The van der Waals surface area contributed by atoms with Crippen LogP contribution in [0, 0.1) is 6.57 Å². The molecule has 0 saturated carbocycles. The van der Waals surface area contributed by atoms with Gasteiger partial charge in [0.05, 0.1) is 28.6 Å². The predicted octanol–water partition coefficient (Wildman–Crippen LogP) is 13.4. The molecule has 0 aliphatic carbocycles. The van der Waals surface area contributed by atoms with Gasteiger partial charge in [-0.3, -0.25) is 0 Å². The first-order valence-corrected chi connectivity index (χ1v) is 17.5. The summed E-state index contributed by atoms with van der Waals surface area (Å²) in [6.07, 6.45) is 0. The van der Waals surface area contributed by atoms with Crippen molar-refractivity contribution in [2.45, 2.75) is 0 Å². The molecule has 0 radical (unpaired) electrons. The van der Waals surface area contributed by atoms with Gasteiger partial charge >= 0.3 is 0 Å². The Morgan fingerprint density at radius 3 is 1.27 bits per heavy atom. The molecule has 0 saturated heterocycles. The molecule has 3 nitrogen and oxygen atoms in total. The van der Waals surface area contributed by atoms with Gasteiger partial charge in [0.15, 0.2) is 5.69 Å². The molecule has 10 rings (SSSR count).